The zero-order chi connectivity index (χ0) is 21.4. The van der Waals surface area contributed by atoms with Crippen LogP contribution in [-0.4, -0.2) is 52.6 Å². The average molecular weight is 466 g/mol. The van der Waals surface area contributed by atoms with Crippen molar-refractivity contribution in [1.82, 2.24) is 0 Å². The van der Waals surface area contributed by atoms with Crippen LogP contribution < -0.4 is 23.8 Å². The number of halogens is 1. The molecule has 0 fully saturated rings. The summed E-state index contributed by atoms with van der Waals surface area (Å²) in [6.45, 7) is 0.588. The average Bonchev–Trinajstić information content (AvgIpc) is 2.70. The topological polar surface area (TPSA) is 77.5 Å². The molecule has 0 atom stereocenters. The third-order valence-corrected chi connectivity index (χ3v) is 4.64. The molecule has 2 aromatic carbocycles. The lowest BCUT2D eigenvalue weighted by Gasteiger charge is -2.17. The van der Waals surface area contributed by atoms with Crippen LogP contribution in [0.3, 0.4) is 0 Å². The molecule has 0 amide bonds. The van der Waals surface area contributed by atoms with Gasteiger partial charge in [0.05, 0.1) is 14.2 Å². The van der Waals surface area contributed by atoms with Crippen molar-refractivity contribution in [3.05, 3.63) is 46.4 Å². The predicted octanol–water partition coefficient (Wildman–Crippen LogP) is 4.09. The Morgan fingerprint density at radius 3 is 2.21 bits per heavy atom. The minimum atomic E-state index is -1.03. The number of anilines is 1. The Kier molecular flexibility index (Phi) is 8.21. The van der Waals surface area contributed by atoms with Crippen LogP contribution >= 0.6 is 15.9 Å². The fourth-order valence-electron chi connectivity index (χ4n) is 2.47. The summed E-state index contributed by atoms with van der Waals surface area (Å²) in [5.41, 5.74) is 1.68. The van der Waals surface area contributed by atoms with Crippen molar-refractivity contribution in [2.24, 2.45) is 0 Å². The zero-order valence-corrected chi connectivity index (χ0v) is 18.4. The quantitative estimate of drug-likeness (QED) is 0.418. The molecule has 0 aliphatic carbocycles. The fourth-order valence-corrected chi connectivity index (χ4v) is 2.92. The first-order valence-electron chi connectivity index (χ1n) is 8.75. The fraction of sp³-hybridized carbons (Fsp3) is 0.286. The predicted molar refractivity (Wildman–Crippen MR) is 116 cm³/mol. The van der Waals surface area contributed by atoms with E-state index in [2.05, 4.69) is 15.9 Å². The Labute approximate surface area is 178 Å². The van der Waals surface area contributed by atoms with Crippen molar-refractivity contribution in [3.63, 3.8) is 0 Å². The van der Waals surface area contributed by atoms with Gasteiger partial charge in [0.2, 0.25) is 0 Å². The number of nitrogens with zero attached hydrogens (tertiary/aromatic N) is 1. The van der Waals surface area contributed by atoms with Gasteiger partial charge in [-0.1, -0.05) is 15.9 Å². The van der Waals surface area contributed by atoms with Crippen LogP contribution in [0.4, 0.5) is 5.69 Å². The maximum absolute atomic E-state index is 10.7. The number of carbonyl (C=O) groups is 1. The standard InChI is InChI=1S/C21H24BrNO6/c1-23(2)15-6-7-17(19(12-15)27-4)28-9-10-29-20-13-16(22)14(5-8-21(24)25)11-18(20)26-3/h5-8,11-13H,9-10H2,1-4H3,(H,24,25)/b8-5+. The second-order valence-electron chi connectivity index (χ2n) is 6.12. The molecular formula is C21H24BrNO6. The molecule has 0 aromatic heterocycles. The summed E-state index contributed by atoms with van der Waals surface area (Å²) in [5, 5.41) is 8.78. The maximum Gasteiger partial charge on any atom is 0.328 e. The molecule has 0 radical (unpaired) electrons. The van der Waals surface area contributed by atoms with Gasteiger partial charge in [0.1, 0.15) is 13.2 Å². The molecule has 1 N–H and O–H groups in total. The molecule has 156 valence electrons. The van der Waals surface area contributed by atoms with E-state index in [4.69, 9.17) is 24.1 Å². The number of carboxylic acids is 1. The van der Waals surface area contributed by atoms with Gasteiger partial charge >= 0.3 is 5.97 Å². The lowest BCUT2D eigenvalue weighted by atomic mass is 10.2. The van der Waals surface area contributed by atoms with E-state index in [0.29, 0.717) is 39.6 Å². The van der Waals surface area contributed by atoms with E-state index in [1.54, 1.807) is 19.2 Å². The largest absolute Gasteiger partial charge is 0.493 e. The summed E-state index contributed by atoms with van der Waals surface area (Å²) in [4.78, 5) is 12.7. The lowest BCUT2D eigenvalue weighted by molar-refractivity contribution is -0.131. The zero-order valence-electron chi connectivity index (χ0n) is 16.8. The highest BCUT2D eigenvalue weighted by Gasteiger charge is 2.11. The SMILES string of the molecule is COc1cc(N(C)C)ccc1OCCOc1cc(Br)c(/C=C/C(=O)O)cc1OC. The molecule has 0 saturated heterocycles. The highest BCUT2D eigenvalue weighted by atomic mass is 79.9. The van der Waals surface area contributed by atoms with Crippen molar-refractivity contribution < 1.29 is 28.8 Å². The van der Waals surface area contributed by atoms with Crippen LogP contribution in [0.1, 0.15) is 5.56 Å². The maximum atomic E-state index is 10.7. The molecule has 2 aromatic rings. The van der Waals surface area contributed by atoms with Crippen LogP contribution in [-0.2, 0) is 4.79 Å². The number of rotatable bonds is 10. The number of aliphatic carboxylic acids is 1. The van der Waals surface area contributed by atoms with Gasteiger partial charge in [-0.05, 0) is 35.9 Å². The van der Waals surface area contributed by atoms with Crippen molar-refractivity contribution in [2.75, 3.05) is 46.4 Å². The Morgan fingerprint density at radius 1 is 1.00 bits per heavy atom. The number of carboxylic acid groups (broad SMARTS) is 1. The molecule has 2 rings (SSSR count). The molecule has 0 aliphatic rings. The van der Waals surface area contributed by atoms with E-state index in [1.165, 1.54) is 13.2 Å². The van der Waals surface area contributed by atoms with E-state index in [0.717, 1.165) is 11.8 Å². The molecule has 0 aliphatic heterocycles. The number of methoxy groups -OCH3 is 2. The van der Waals surface area contributed by atoms with Gasteiger partial charge < -0.3 is 29.0 Å². The van der Waals surface area contributed by atoms with Crippen molar-refractivity contribution in [2.45, 2.75) is 0 Å². The molecule has 7 nitrogen and oxygen atoms in total. The molecule has 0 saturated carbocycles. The number of benzene rings is 2. The van der Waals surface area contributed by atoms with Crippen molar-refractivity contribution >= 4 is 33.7 Å². The Hall–Kier alpha value is -2.87. The minimum Gasteiger partial charge on any atom is -0.493 e. The van der Waals surface area contributed by atoms with E-state index in [-0.39, 0.29) is 6.61 Å². The van der Waals surface area contributed by atoms with Crippen LogP contribution in [0.15, 0.2) is 40.9 Å². The second-order valence-corrected chi connectivity index (χ2v) is 6.98. The smallest absolute Gasteiger partial charge is 0.328 e. The Balaban J connectivity index is 2.02. The Morgan fingerprint density at radius 2 is 1.62 bits per heavy atom. The summed E-state index contributed by atoms with van der Waals surface area (Å²) < 4.78 is 23.0. The summed E-state index contributed by atoms with van der Waals surface area (Å²) in [6, 6.07) is 9.13. The second kappa shape index (κ2) is 10.6. The van der Waals surface area contributed by atoms with Gasteiger partial charge in [-0.3, -0.25) is 0 Å². The van der Waals surface area contributed by atoms with Gasteiger partial charge in [0, 0.05) is 36.4 Å². The van der Waals surface area contributed by atoms with Crippen molar-refractivity contribution in [1.29, 1.82) is 0 Å². The van der Waals surface area contributed by atoms with Gasteiger partial charge in [0.25, 0.3) is 0 Å². The van der Waals surface area contributed by atoms with Crippen LogP contribution in [0.2, 0.25) is 0 Å². The molecule has 0 bridgehead atoms. The molecule has 29 heavy (non-hydrogen) atoms. The first kappa shape index (κ1) is 22.4. The normalized spacial score (nSPS) is 10.7. The van der Waals surface area contributed by atoms with Gasteiger partial charge in [-0.25, -0.2) is 4.79 Å². The highest BCUT2D eigenvalue weighted by Crippen LogP contribution is 2.34. The molecule has 0 spiro atoms. The lowest BCUT2D eigenvalue weighted by Crippen LogP contribution is -2.11. The number of ether oxygens (including phenoxy) is 4. The monoisotopic (exact) mass is 465 g/mol. The molecule has 0 heterocycles. The number of hydrogen-bond donors (Lipinski definition) is 1. The van der Waals surface area contributed by atoms with E-state index in [9.17, 15) is 4.79 Å². The Bertz CT molecular complexity index is 882. The minimum absolute atomic E-state index is 0.283. The van der Waals surface area contributed by atoms with Crippen LogP contribution in [0.5, 0.6) is 23.0 Å². The van der Waals surface area contributed by atoms with E-state index >= 15 is 0 Å². The van der Waals surface area contributed by atoms with Gasteiger partial charge in [0.15, 0.2) is 23.0 Å². The van der Waals surface area contributed by atoms with Crippen LogP contribution in [0.25, 0.3) is 6.08 Å². The summed E-state index contributed by atoms with van der Waals surface area (Å²) >= 11 is 3.41. The molecular weight excluding hydrogens is 442 g/mol. The highest BCUT2D eigenvalue weighted by molar-refractivity contribution is 9.10. The summed E-state index contributed by atoms with van der Waals surface area (Å²) in [5.74, 6) is 1.26. The number of hydrogen-bond acceptors (Lipinski definition) is 6. The first-order chi connectivity index (χ1) is 13.8. The third kappa shape index (κ3) is 6.32. The molecule has 0 unspecified atom stereocenters. The van der Waals surface area contributed by atoms with Crippen LogP contribution in [0, 0.1) is 0 Å². The van der Waals surface area contributed by atoms with Gasteiger partial charge in [-0.15, -0.1) is 0 Å². The van der Waals surface area contributed by atoms with E-state index < -0.39 is 5.97 Å². The van der Waals surface area contributed by atoms with Gasteiger partial charge in [-0.2, -0.15) is 0 Å². The summed E-state index contributed by atoms with van der Waals surface area (Å²) in [6.07, 6.45) is 2.54. The molecule has 8 heteroatoms. The van der Waals surface area contributed by atoms with Crippen molar-refractivity contribution in [3.8, 4) is 23.0 Å². The third-order valence-electron chi connectivity index (χ3n) is 3.95. The first-order valence-corrected chi connectivity index (χ1v) is 9.54. The van der Waals surface area contributed by atoms with E-state index in [1.807, 2.05) is 37.2 Å². The summed E-state index contributed by atoms with van der Waals surface area (Å²) in [7, 11) is 7.03.